The summed E-state index contributed by atoms with van der Waals surface area (Å²) in [5.74, 6) is 1.46. The van der Waals surface area contributed by atoms with Gasteiger partial charge in [0.2, 0.25) is 0 Å². The molecular weight excluding hydrogens is 449 g/mol. The molecule has 1 aliphatic rings. The van der Waals surface area contributed by atoms with E-state index in [0.717, 1.165) is 50.1 Å². The van der Waals surface area contributed by atoms with Crippen molar-refractivity contribution >= 4 is 41.5 Å². The van der Waals surface area contributed by atoms with Gasteiger partial charge in [-0.3, -0.25) is 4.99 Å². The number of guanidine groups is 1. The Morgan fingerprint density at radius 3 is 2.52 bits per heavy atom. The number of halogens is 2. The van der Waals surface area contributed by atoms with E-state index in [1.54, 1.807) is 0 Å². The second-order valence-corrected chi connectivity index (χ2v) is 7.25. The molecule has 0 aromatic heterocycles. The highest BCUT2D eigenvalue weighted by Gasteiger charge is 2.36. The molecule has 0 spiro atoms. The zero-order valence-corrected chi connectivity index (χ0v) is 18.6. The minimum Gasteiger partial charge on any atom is -0.381 e. The minimum absolute atomic E-state index is 0. The SMILES string of the molecule is CCNC(=NCC1(c2ccccc2Cl)CCOCC1)NCC(C)C.I. The van der Waals surface area contributed by atoms with Crippen molar-refractivity contribution in [2.24, 2.45) is 10.9 Å². The Kier molecular flexibility index (Phi) is 10.1. The highest BCUT2D eigenvalue weighted by molar-refractivity contribution is 14.0. The normalized spacial score (nSPS) is 17.1. The predicted octanol–water partition coefficient (Wildman–Crippen LogP) is 4.22. The largest absolute Gasteiger partial charge is 0.381 e. The number of hydrogen-bond acceptors (Lipinski definition) is 2. The van der Waals surface area contributed by atoms with Crippen LogP contribution in [-0.2, 0) is 10.2 Å². The van der Waals surface area contributed by atoms with Crippen LogP contribution in [0.15, 0.2) is 29.3 Å². The number of hydrogen-bond donors (Lipinski definition) is 2. The highest BCUT2D eigenvalue weighted by Crippen LogP contribution is 2.38. The Hall–Kier alpha value is -0.530. The number of aliphatic imine (C=N–C) groups is 1. The molecule has 2 N–H and O–H groups in total. The standard InChI is InChI=1S/C19H30ClN3O.HI/c1-4-21-18(22-13-15(2)3)23-14-19(9-11-24-12-10-19)16-7-5-6-8-17(16)20;/h5-8,15H,4,9-14H2,1-3H3,(H2,21,22,23);1H. The van der Waals surface area contributed by atoms with Gasteiger partial charge < -0.3 is 15.4 Å². The molecule has 1 aromatic carbocycles. The summed E-state index contributed by atoms with van der Waals surface area (Å²) in [6.07, 6.45) is 1.90. The van der Waals surface area contributed by atoms with Crippen LogP contribution in [0.2, 0.25) is 5.02 Å². The second-order valence-electron chi connectivity index (χ2n) is 6.84. The van der Waals surface area contributed by atoms with Gasteiger partial charge in [0.1, 0.15) is 0 Å². The van der Waals surface area contributed by atoms with Gasteiger partial charge >= 0.3 is 0 Å². The lowest BCUT2D eigenvalue weighted by atomic mass is 9.74. The Morgan fingerprint density at radius 1 is 1.24 bits per heavy atom. The summed E-state index contributed by atoms with van der Waals surface area (Å²) in [5.41, 5.74) is 1.15. The van der Waals surface area contributed by atoms with Crippen LogP contribution in [0, 0.1) is 5.92 Å². The van der Waals surface area contributed by atoms with Gasteiger partial charge in [0.15, 0.2) is 5.96 Å². The van der Waals surface area contributed by atoms with Crippen LogP contribution in [0.3, 0.4) is 0 Å². The zero-order valence-electron chi connectivity index (χ0n) is 15.5. The van der Waals surface area contributed by atoms with Crippen molar-refractivity contribution in [1.29, 1.82) is 0 Å². The molecule has 1 aliphatic heterocycles. The van der Waals surface area contributed by atoms with E-state index < -0.39 is 0 Å². The summed E-state index contributed by atoms with van der Waals surface area (Å²) >= 11 is 6.51. The van der Waals surface area contributed by atoms with Crippen molar-refractivity contribution < 1.29 is 4.74 Å². The summed E-state index contributed by atoms with van der Waals surface area (Å²) in [6, 6.07) is 8.15. The van der Waals surface area contributed by atoms with E-state index in [9.17, 15) is 0 Å². The number of nitrogens with one attached hydrogen (secondary N) is 2. The quantitative estimate of drug-likeness (QED) is 0.365. The topological polar surface area (TPSA) is 45.7 Å². The molecule has 0 amide bonds. The molecule has 142 valence electrons. The molecule has 0 aliphatic carbocycles. The smallest absolute Gasteiger partial charge is 0.191 e. The van der Waals surface area contributed by atoms with E-state index in [2.05, 4.69) is 43.5 Å². The van der Waals surface area contributed by atoms with Crippen LogP contribution in [0.4, 0.5) is 0 Å². The molecule has 6 heteroatoms. The summed E-state index contributed by atoms with van der Waals surface area (Å²) < 4.78 is 5.60. The van der Waals surface area contributed by atoms with Crippen LogP contribution in [-0.4, -0.2) is 38.8 Å². The fraction of sp³-hybridized carbons (Fsp3) is 0.632. The molecule has 0 radical (unpaired) electrons. The van der Waals surface area contributed by atoms with Crippen LogP contribution in [0.1, 0.15) is 39.2 Å². The molecule has 0 bridgehead atoms. The lowest BCUT2D eigenvalue weighted by molar-refractivity contribution is 0.0531. The lowest BCUT2D eigenvalue weighted by Gasteiger charge is -2.37. The maximum atomic E-state index is 6.51. The molecule has 2 rings (SSSR count). The number of rotatable bonds is 6. The van der Waals surface area contributed by atoms with Gasteiger partial charge in [0, 0.05) is 36.7 Å². The third-order valence-corrected chi connectivity index (χ3v) is 4.79. The number of ether oxygens (including phenoxy) is 1. The average molecular weight is 480 g/mol. The Bertz CT molecular complexity index is 545. The lowest BCUT2D eigenvalue weighted by Crippen LogP contribution is -2.42. The molecule has 4 nitrogen and oxygen atoms in total. The molecule has 1 aromatic rings. The first kappa shape index (κ1) is 22.5. The van der Waals surface area contributed by atoms with E-state index >= 15 is 0 Å². The van der Waals surface area contributed by atoms with Gasteiger partial charge in [0.05, 0.1) is 6.54 Å². The maximum absolute atomic E-state index is 6.51. The van der Waals surface area contributed by atoms with Crippen molar-refractivity contribution in [3.63, 3.8) is 0 Å². The van der Waals surface area contributed by atoms with E-state index in [0.29, 0.717) is 12.5 Å². The highest BCUT2D eigenvalue weighted by atomic mass is 127. The average Bonchev–Trinajstić information content (AvgIpc) is 2.58. The van der Waals surface area contributed by atoms with Crippen molar-refractivity contribution in [3.8, 4) is 0 Å². The van der Waals surface area contributed by atoms with E-state index in [1.165, 1.54) is 5.56 Å². The first-order valence-electron chi connectivity index (χ1n) is 8.92. The Balaban J connectivity index is 0.00000312. The summed E-state index contributed by atoms with van der Waals surface area (Å²) in [5, 5.41) is 7.58. The van der Waals surface area contributed by atoms with Crippen LogP contribution in [0.25, 0.3) is 0 Å². The van der Waals surface area contributed by atoms with Crippen molar-refractivity contribution in [1.82, 2.24) is 10.6 Å². The third-order valence-electron chi connectivity index (χ3n) is 4.46. The van der Waals surface area contributed by atoms with E-state index in [-0.39, 0.29) is 29.4 Å². The van der Waals surface area contributed by atoms with Gasteiger partial charge in [-0.1, -0.05) is 43.6 Å². The minimum atomic E-state index is -0.0449. The van der Waals surface area contributed by atoms with Crippen LogP contribution < -0.4 is 10.6 Å². The molecule has 0 atom stereocenters. The molecule has 0 saturated carbocycles. The second kappa shape index (κ2) is 11.2. The first-order chi connectivity index (χ1) is 11.6. The molecule has 1 saturated heterocycles. The van der Waals surface area contributed by atoms with Gasteiger partial charge in [-0.15, -0.1) is 24.0 Å². The van der Waals surface area contributed by atoms with Gasteiger partial charge in [-0.2, -0.15) is 0 Å². The Morgan fingerprint density at radius 2 is 1.92 bits per heavy atom. The first-order valence-corrected chi connectivity index (χ1v) is 9.30. The third kappa shape index (κ3) is 6.61. The van der Waals surface area contributed by atoms with Crippen LogP contribution in [0.5, 0.6) is 0 Å². The van der Waals surface area contributed by atoms with E-state index in [1.807, 2.05) is 12.1 Å². The molecule has 1 heterocycles. The van der Waals surface area contributed by atoms with Crippen molar-refractivity contribution in [2.75, 3.05) is 32.8 Å². The van der Waals surface area contributed by atoms with Crippen molar-refractivity contribution in [3.05, 3.63) is 34.9 Å². The predicted molar refractivity (Wildman–Crippen MR) is 117 cm³/mol. The number of benzene rings is 1. The van der Waals surface area contributed by atoms with Gasteiger partial charge in [0.25, 0.3) is 0 Å². The molecular formula is C19H31ClIN3O. The number of nitrogens with zero attached hydrogens (tertiary/aromatic N) is 1. The fourth-order valence-corrected chi connectivity index (χ4v) is 3.38. The van der Waals surface area contributed by atoms with E-state index in [4.69, 9.17) is 21.3 Å². The molecule has 1 fully saturated rings. The molecule has 25 heavy (non-hydrogen) atoms. The fourth-order valence-electron chi connectivity index (χ4n) is 3.04. The molecule has 0 unspecified atom stereocenters. The summed E-state index contributed by atoms with van der Waals surface area (Å²) in [7, 11) is 0. The van der Waals surface area contributed by atoms with Crippen LogP contribution >= 0.6 is 35.6 Å². The summed E-state index contributed by atoms with van der Waals surface area (Å²) in [4.78, 5) is 4.88. The maximum Gasteiger partial charge on any atom is 0.191 e. The Labute approximate surface area is 174 Å². The zero-order chi connectivity index (χ0) is 17.4. The van der Waals surface area contributed by atoms with Gasteiger partial charge in [-0.05, 0) is 37.3 Å². The summed E-state index contributed by atoms with van der Waals surface area (Å²) in [6.45, 7) is 10.5. The monoisotopic (exact) mass is 479 g/mol. The van der Waals surface area contributed by atoms with Crippen molar-refractivity contribution in [2.45, 2.75) is 39.0 Å². The van der Waals surface area contributed by atoms with Gasteiger partial charge in [-0.25, -0.2) is 0 Å².